The molecule has 0 saturated carbocycles. The molecule has 1 amide bonds. The Morgan fingerprint density at radius 1 is 1.48 bits per heavy atom. The number of halogens is 3. The zero-order valence-electron chi connectivity index (χ0n) is 11.7. The van der Waals surface area contributed by atoms with E-state index in [9.17, 15) is 18.0 Å². The molecule has 116 valence electrons. The molecule has 1 fully saturated rings. The number of primary amides is 1. The van der Waals surface area contributed by atoms with E-state index >= 15 is 0 Å². The highest BCUT2D eigenvalue weighted by atomic mass is 19.4. The van der Waals surface area contributed by atoms with Crippen LogP contribution in [0.15, 0.2) is 18.2 Å². The van der Waals surface area contributed by atoms with E-state index in [0.29, 0.717) is 18.8 Å². The largest absolute Gasteiger partial charge is 0.417 e. The lowest BCUT2D eigenvalue weighted by Gasteiger charge is -2.27. The molecule has 1 aromatic rings. The maximum Gasteiger partial charge on any atom is 0.417 e. The highest BCUT2D eigenvalue weighted by Gasteiger charge is 2.36. The number of nitrogens with one attached hydrogen (secondary N) is 1. The number of nitrogens with two attached hydrogens (primary N) is 1. The minimum absolute atomic E-state index is 0.163. The van der Waals surface area contributed by atoms with Crippen molar-refractivity contribution in [2.45, 2.75) is 25.1 Å². The van der Waals surface area contributed by atoms with Crippen molar-refractivity contribution in [1.29, 1.82) is 0 Å². The predicted octanol–water partition coefficient (Wildman–Crippen LogP) is 1.99. The Bertz CT molecular complexity index is 531. The van der Waals surface area contributed by atoms with Crippen molar-refractivity contribution in [2.24, 2.45) is 5.73 Å². The van der Waals surface area contributed by atoms with Crippen LogP contribution < -0.4 is 16.0 Å². The summed E-state index contributed by atoms with van der Waals surface area (Å²) >= 11 is 0. The summed E-state index contributed by atoms with van der Waals surface area (Å²) < 4.78 is 39.2. The first kappa shape index (κ1) is 15.6. The van der Waals surface area contributed by atoms with Gasteiger partial charge in [-0.3, -0.25) is 4.79 Å². The Kier molecular flexibility index (Phi) is 4.41. The number of rotatable bonds is 4. The second kappa shape index (κ2) is 5.93. The molecule has 1 saturated heterocycles. The quantitative estimate of drug-likeness (QED) is 0.894. The van der Waals surface area contributed by atoms with E-state index < -0.39 is 23.2 Å². The summed E-state index contributed by atoms with van der Waals surface area (Å²) in [6.45, 7) is 1.42. The van der Waals surface area contributed by atoms with Crippen molar-refractivity contribution < 1.29 is 18.0 Å². The molecule has 0 aliphatic carbocycles. The molecule has 7 heteroatoms. The van der Waals surface area contributed by atoms with Gasteiger partial charge in [0.25, 0.3) is 0 Å². The van der Waals surface area contributed by atoms with Crippen molar-refractivity contribution in [3.8, 4) is 0 Å². The molecule has 4 nitrogen and oxygen atoms in total. The molecule has 1 aliphatic heterocycles. The molecule has 0 radical (unpaired) electrons. The lowest BCUT2D eigenvalue weighted by atomic mass is 10.0. The molecule has 1 unspecified atom stereocenters. The summed E-state index contributed by atoms with van der Waals surface area (Å²) in [6, 6.07) is 3.88. The average Bonchev–Trinajstić information content (AvgIpc) is 2.85. The van der Waals surface area contributed by atoms with Crippen molar-refractivity contribution in [2.75, 3.05) is 25.0 Å². The minimum atomic E-state index is -4.60. The van der Waals surface area contributed by atoms with Gasteiger partial charge in [0, 0.05) is 24.8 Å². The first-order chi connectivity index (χ1) is 9.84. The van der Waals surface area contributed by atoms with Gasteiger partial charge in [0.05, 0.1) is 11.1 Å². The molecule has 0 spiro atoms. The number of nitrogens with zero attached hydrogens (tertiary/aromatic N) is 1. The Hall–Kier alpha value is -1.76. The van der Waals surface area contributed by atoms with Gasteiger partial charge >= 0.3 is 6.18 Å². The minimum Gasteiger partial charge on any atom is -0.367 e. The third-order valence-electron chi connectivity index (χ3n) is 3.72. The Labute approximate surface area is 121 Å². The summed E-state index contributed by atoms with van der Waals surface area (Å²) in [4.78, 5) is 13.1. The fourth-order valence-corrected chi connectivity index (χ4v) is 2.78. The van der Waals surface area contributed by atoms with Gasteiger partial charge in [0.15, 0.2) is 0 Å². The van der Waals surface area contributed by atoms with Crippen LogP contribution in [0.3, 0.4) is 0 Å². The Morgan fingerprint density at radius 2 is 2.19 bits per heavy atom. The molecule has 3 N–H and O–H groups in total. The fraction of sp³-hybridized carbons (Fsp3) is 0.500. The van der Waals surface area contributed by atoms with E-state index in [-0.39, 0.29) is 6.04 Å². The highest BCUT2D eigenvalue weighted by molar-refractivity contribution is 5.95. The lowest BCUT2D eigenvalue weighted by Crippen LogP contribution is -2.37. The number of carbonyl (C=O) groups excluding carboxylic acids is 1. The van der Waals surface area contributed by atoms with E-state index in [0.717, 1.165) is 25.0 Å². The Balaban J connectivity index is 2.40. The molecule has 2 rings (SSSR count). The topological polar surface area (TPSA) is 58.4 Å². The van der Waals surface area contributed by atoms with E-state index in [2.05, 4.69) is 5.32 Å². The van der Waals surface area contributed by atoms with Gasteiger partial charge in [-0.25, -0.2) is 0 Å². The molecule has 1 aliphatic rings. The summed E-state index contributed by atoms with van der Waals surface area (Å²) in [5, 5.41) is 3.05. The van der Waals surface area contributed by atoms with Gasteiger partial charge < -0.3 is 16.0 Å². The maximum absolute atomic E-state index is 13.1. The number of carbonyl (C=O) groups is 1. The number of benzene rings is 1. The number of likely N-dealkylation sites (N-methyl/N-ethyl adjacent to an activating group) is 1. The molecular formula is C14H18F3N3O. The van der Waals surface area contributed by atoms with Gasteiger partial charge in [0.1, 0.15) is 0 Å². The summed E-state index contributed by atoms with van der Waals surface area (Å²) in [6.07, 6.45) is -2.73. The van der Waals surface area contributed by atoms with Crippen molar-refractivity contribution in [3.63, 3.8) is 0 Å². The van der Waals surface area contributed by atoms with Crippen LogP contribution in [0.1, 0.15) is 28.8 Å². The number of hydrogen-bond acceptors (Lipinski definition) is 3. The predicted molar refractivity (Wildman–Crippen MR) is 74.3 cm³/mol. The van der Waals surface area contributed by atoms with Crippen molar-refractivity contribution in [1.82, 2.24) is 5.32 Å². The van der Waals surface area contributed by atoms with Gasteiger partial charge in [-0.2, -0.15) is 13.2 Å². The molecule has 1 atom stereocenters. The monoisotopic (exact) mass is 301 g/mol. The lowest BCUT2D eigenvalue weighted by molar-refractivity contribution is -0.137. The van der Waals surface area contributed by atoms with Gasteiger partial charge in [-0.15, -0.1) is 0 Å². The molecule has 1 heterocycles. The number of alkyl halides is 3. The zero-order valence-corrected chi connectivity index (χ0v) is 11.7. The van der Waals surface area contributed by atoms with Crippen LogP contribution in [0.5, 0.6) is 0 Å². The summed E-state index contributed by atoms with van der Waals surface area (Å²) in [7, 11) is 1.81. The average molecular weight is 301 g/mol. The number of hydrogen-bond donors (Lipinski definition) is 2. The zero-order chi connectivity index (χ0) is 15.6. The smallest absolute Gasteiger partial charge is 0.367 e. The molecule has 21 heavy (non-hydrogen) atoms. The van der Waals surface area contributed by atoms with Crippen LogP contribution in [0.4, 0.5) is 18.9 Å². The maximum atomic E-state index is 13.1. The first-order valence-electron chi connectivity index (χ1n) is 6.77. The molecule has 0 aromatic heterocycles. The standard InChI is InChI=1S/C14H18F3N3O/c1-19-8-10-3-2-6-20(10)9-4-5-11(13(18)21)12(7-9)14(15,16)17/h4-5,7,10,19H,2-3,6,8H2,1H3,(H2,18,21). The van der Waals surface area contributed by atoms with Crippen LogP contribution in [-0.4, -0.2) is 32.1 Å². The third kappa shape index (κ3) is 3.29. The second-order valence-electron chi connectivity index (χ2n) is 5.14. The normalized spacial score (nSPS) is 19.0. The van der Waals surface area contributed by atoms with E-state index in [1.807, 2.05) is 11.9 Å². The van der Waals surface area contributed by atoms with Crippen LogP contribution in [0, 0.1) is 0 Å². The van der Waals surface area contributed by atoms with Crippen LogP contribution in [0.2, 0.25) is 0 Å². The molecule has 1 aromatic carbocycles. The van der Waals surface area contributed by atoms with Crippen LogP contribution >= 0.6 is 0 Å². The fourth-order valence-electron chi connectivity index (χ4n) is 2.78. The third-order valence-corrected chi connectivity index (χ3v) is 3.72. The second-order valence-corrected chi connectivity index (χ2v) is 5.14. The van der Waals surface area contributed by atoms with Gasteiger partial charge in [-0.05, 0) is 38.1 Å². The summed E-state index contributed by atoms with van der Waals surface area (Å²) in [5.41, 5.74) is 4.04. The van der Waals surface area contributed by atoms with Crippen molar-refractivity contribution >= 4 is 11.6 Å². The summed E-state index contributed by atoms with van der Waals surface area (Å²) in [5.74, 6) is -1.07. The number of amides is 1. The number of anilines is 1. The van der Waals surface area contributed by atoms with Crippen LogP contribution in [0.25, 0.3) is 0 Å². The van der Waals surface area contributed by atoms with Gasteiger partial charge in [0.2, 0.25) is 5.91 Å². The highest BCUT2D eigenvalue weighted by Crippen LogP contribution is 2.36. The van der Waals surface area contributed by atoms with Crippen molar-refractivity contribution in [3.05, 3.63) is 29.3 Å². The first-order valence-corrected chi connectivity index (χ1v) is 6.77. The molecule has 0 bridgehead atoms. The van der Waals surface area contributed by atoms with Crippen LogP contribution in [-0.2, 0) is 6.18 Å². The SMILES string of the molecule is CNCC1CCCN1c1ccc(C(N)=O)c(C(F)(F)F)c1. The van der Waals surface area contributed by atoms with E-state index in [4.69, 9.17) is 5.73 Å². The van der Waals surface area contributed by atoms with E-state index in [1.54, 1.807) is 0 Å². The van der Waals surface area contributed by atoms with Gasteiger partial charge in [-0.1, -0.05) is 0 Å². The Morgan fingerprint density at radius 3 is 2.76 bits per heavy atom. The van der Waals surface area contributed by atoms with E-state index in [1.165, 1.54) is 6.07 Å². The molecular weight excluding hydrogens is 283 g/mol.